The zero-order chi connectivity index (χ0) is 19.2. The summed E-state index contributed by atoms with van der Waals surface area (Å²) in [5.74, 6) is -1.04. The fourth-order valence-electron chi connectivity index (χ4n) is 2.27. The smallest absolute Gasteiger partial charge is 0.271 e. The Morgan fingerprint density at radius 3 is 2.52 bits per heavy atom. The lowest BCUT2D eigenvalue weighted by atomic mass is 10.2. The summed E-state index contributed by atoms with van der Waals surface area (Å²) in [7, 11) is 0. The van der Waals surface area contributed by atoms with Crippen molar-refractivity contribution in [2.24, 2.45) is 5.10 Å². The number of halogens is 1. The molecule has 2 amide bonds. The summed E-state index contributed by atoms with van der Waals surface area (Å²) in [6, 6.07) is 14.3. The molecule has 27 heavy (non-hydrogen) atoms. The van der Waals surface area contributed by atoms with Crippen molar-refractivity contribution < 1.29 is 14.0 Å². The number of nitrogens with zero attached hydrogens (tertiary/aromatic N) is 3. The van der Waals surface area contributed by atoms with Gasteiger partial charge < -0.3 is 0 Å². The topological polar surface area (TPSA) is 74.7 Å². The first kappa shape index (κ1) is 18.4. The van der Waals surface area contributed by atoms with Crippen LogP contribution in [-0.2, 0) is 4.79 Å². The Morgan fingerprint density at radius 2 is 1.85 bits per heavy atom. The van der Waals surface area contributed by atoms with E-state index in [1.54, 1.807) is 5.38 Å². The molecule has 0 fully saturated rings. The van der Waals surface area contributed by atoms with Crippen LogP contribution in [0.5, 0.6) is 0 Å². The van der Waals surface area contributed by atoms with Crippen LogP contribution in [0.4, 0.5) is 15.2 Å². The highest BCUT2D eigenvalue weighted by atomic mass is 32.1. The molecule has 0 aliphatic carbocycles. The van der Waals surface area contributed by atoms with Crippen LogP contribution in [0.15, 0.2) is 65.1 Å². The Kier molecular flexibility index (Phi) is 5.68. The second-order valence-corrected chi connectivity index (χ2v) is 6.29. The van der Waals surface area contributed by atoms with Crippen molar-refractivity contribution in [2.75, 3.05) is 4.90 Å². The SMILES string of the molecule is CC(=O)N(c1ccccc1)c1nc(/C=N\NC(=O)c2ccc(F)cc2)cs1. The molecule has 0 saturated heterocycles. The predicted octanol–water partition coefficient (Wildman–Crippen LogP) is 3.73. The molecule has 6 nitrogen and oxygen atoms in total. The largest absolute Gasteiger partial charge is 0.274 e. The van der Waals surface area contributed by atoms with E-state index in [2.05, 4.69) is 15.5 Å². The van der Waals surface area contributed by atoms with Crippen LogP contribution < -0.4 is 10.3 Å². The Balaban J connectivity index is 1.69. The molecule has 0 saturated carbocycles. The maximum Gasteiger partial charge on any atom is 0.271 e. The van der Waals surface area contributed by atoms with Crippen molar-refractivity contribution in [1.82, 2.24) is 10.4 Å². The van der Waals surface area contributed by atoms with Gasteiger partial charge in [-0.2, -0.15) is 5.10 Å². The lowest BCUT2D eigenvalue weighted by molar-refractivity contribution is -0.115. The average molecular weight is 382 g/mol. The van der Waals surface area contributed by atoms with E-state index in [4.69, 9.17) is 0 Å². The van der Waals surface area contributed by atoms with E-state index in [-0.39, 0.29) is 5.91 Å². The van der Waals surface area contributed by atoms with Gasteiger partial charge in [-0.15, -0.1) is 11.3 Å². The maximum atomic E-state index is 12.9. The third-order valence-electron chi connectivity index (χ3n) is 3.50. The zero-order valence-electron chi connectivity index (χ0n) is 14.3. The number of hydrogen-bond acceptors (Lipinski definition) is 5. The highest BCUT2D eigenvalue weighted by Gasteiger charge is 2.17. The van der Waals surface area contributed by atoms with Gasteiger partial charge in [0, 0.05) is 17.9 Å². The average Bonchev–Trinajstić information content (AvgIpc) is 3.11. The van der Waals surface area contributed by atoms with Crippen molar-refractivity contribution in [3.05, 3.63) is 77.1 Å². The van der Waals surface area contributed by atoms with E-state index < -0.39 is 11.7 Å². The number of para-hydroxylation sites is 1. The first-order chi connectivity index (χ1) is 13.0. The second kappa shape index (κ2) is 8.33. The second-order valence-electron chi connectivity index (χ2n) is 5.45. The van der Waals surface area contributed by atoms with Crippen molar-refractivity contribution in [3.63, 3.8) is 0 Å². The Labute approximate surface area is 159 Å². The first-order valence-corrected chi connectivity index (χ1v) is 8.83. The lowest BCUT2D eigenvalue weighted by Gasteiger charge is -2.17. The molecule has 3 aromatic rings. The van der Waals surface area contributed by atoms with E-state index in [9.17, 15) is 14.0 Å². The quantitative estimate of drug-likeness (QED) is 0.540. The summed E-state index contributed by atoms with van der Waals surface area (Å²) in [6.07, 6.45) is 1.38. The third-order valence-corrected chi connectivity index (χ3v) is 4.34. The zero-order valence-corrected chi connectivity index (χ0v) is 15.1. The van der Waals surface area contributed by atoms with E-state index in [0.717, 1.165) is 0 Å². The number of amides is 2. The summed E-state index contributed by atoms with van der Waals surface area (Å²) in [5.41, 5.74) is 3.86. The minimum atomic E-state index is -0.462. The van der Waals surface area contributed by atoms with Gasteiger partial charge >= 0.3 is 0 Å². The number of hydrogen-bond donors (Lipinski definition) is 1. The number of anilines is 2. The van der Waals surface area contributed by atoms with E-state index in [0.29, 0.717) is 22.1 Å². The molecule has 2 aromatic carbocycles. The fourth-order valence-corrected chi connectivity index (χ4v) is 3.10. The molecule has 3 rings (SSSR count). The fraction of sp³-hybridized carbons (Fsp3) is 0.0526. The van der Waals surface area contributed by atoms with Gasteiger partial charge in [-0.3, -0.25) is 14.5 Å². The molecular formula is C19H15FN4O2S. The van der Waals surface area contributed by atoms with Crippen LogP contribution >= 0.6 is 11.3 Å². The Hall–Kier alpha value is -3.39. The van der Waals surface area contributed by atoms with Crippen molar-refractivity contribution >= 4 is 40.2 Å². The van der Waals surface area contributed by atoms with Gasteiger partial charge in [0.05, 0.1) is 17.6 Å². The number of hydrazone groups is 1. The van der Waals surface area contributed by atoms with Gasteiger partial charge in [0.2, 0.25) is 5.91 Å². The predicted molar refractivity (Wildman–Crippen MR) is 103 cm³/mol. The van der Waals surface area contributed by atoms with Gasteiger partial charge in [0.25, 0.3) is 5.91 Å². The maximum absolute atomic E-state index is 12.9. The third kappa shape index (κ3) is 4.62. The highest BCUT2D eigenvalue weighted by Crippen LogP contribution is 2.28. The molecule has 0 unspecified atom stereocenters. The lowest BCUT2D eigenvalue weighted by Crippen LogP contribution is -2.22. The number of rotatable bonds is 5. The molecule has 136 valence electrons. The minimum absolute atomic E-state index is 0.163. The molecule has 1 N–H and O–H groups in total. The van der Waals surface area contributed by atoms with Gasteiger partial charge in [-0.1, -0.05) is 18.2 Å². The van der Waals surface area contributed by atoms with Gasteiger partial charge in [-0.05, 0) is 36.4 Å². The van der Waals surface area contributed by atoms with Crippen molar-refractivity contribution in [2.45, 2.75) is 6.92 Å². The Bertz CT molecular complexity index is 971. The molecule has 0 bridgehead atoms. The number of carbonyl (C=O) groups excluding carboxylic acids is 2. The van der Waals surface area contributed by atoms with Crippen molar-refractivity contribution in [3.8, 4) is 0 Å². The van der Waals surface area contributed by atoms with Gasteiger partial charge in [0.1, 0.15) is 5.82 Å². The van der Waals surface area contributed by atoms with Gasteiger partial charge in [-0.25, -0.2) is 14.8 Å². The summed E-state index contributed by atoms with van der Waals surface area (Å²) in [6.45, 7) is 1.46. The number of thiazole rings is 1. The summed E-state index contributed by atoms with van der Waals surface area (Å²) in [4.78, 5) is 29.8. The van der Waals surface area contributed by atoms with Crippen LogP contribution in [0.25, 0.3) is 0 Å². The van der Waals surface area contributed by atoms with Crippen LogP contribution in [0.1, 0.15) is 23.0 Å². The molecule has 0 atom stereocenters. The summed E-state index contributed by atoms with van der Waals surface area (Å²) >= 11 is 1.29. The minimum Gasteiger partial charge on any atom is -0.274 e. The van der Waals surface area contributed by atoms with Crippen LogP contribution in [0.3, 0.4) is 0 Å². The number of aromatic nitrogens is 1. The number of nitrogens with one attached hydrogen (secondary N) is 1. The monoisotopic (exact) mass is 382 g/mol. The van der Waals surface area contributed by atoms with Crippen LogP contribution in [0, 0.1) is 5.82 Å². The molecule has 1 aromatic heterocycles. The number of carbonyl (C=O) groups is 2. The normalized spacial score (nSPS) is 10.7. The molecule has 0 aliphatic heterocycles. The van der Waals surface area contributed by atoms with E-state index in [1.165, 1.54) is 53.6 Å². The molecule has 0 spiro atoms. The molecule has 0 radical (unpaired) electrons. The first-order valence-electron chi connectivity index (χ1n) is 7.95. The van der Waals surface area contributed by atoms with Gasteiger partial charge in [0.15, 0.2) is 5.13 Å². The van der Waals surface area contributed by atoms with Crippen LogP contribution in [0.2, 0.25) is 0 Å². The van der Waals surface area contributed by atoms with E-state index >= 15 is 0 Å². The van der Waals surface area contributed by atoms with Crippen molar-refractivity contribution in [1.29, 1.82) is 0 Å². The summed E-state index contributed by atoms with van der Waals surface area (Å²) in [5, 5.41) is 6.08. The summed E-state index contributed by atoms with van der Waals surface area (Å²) < 4.78 is 12.9. The molecule has 0 aliphatic rings. The highest BCUT2D eigenvalue weighted by molar-refractivity contribution is 7.14. The Morgan fingerprint density at radius 1 is 1.15 bits per heavy atom. The number of benzene rings is 2. The molecular weight excluding hydrogens is 367 g/mol. The molecule has 1 heterocycles. The van der Waals surface area contributed by atoms with E-state index in [1.807, 2.05) is 30.3 Å². The molecule has 8 heteroatoms. The van der Waals surface area contributed by atoms with Crippen LogP contribution in [-0.4, -0.2) is 23.0 Å². The standard InChI is InChI=1S/C19H15FN4O2S/c1-13(25)24(17-5-3-2-4-6-17)19-22-16(12-27-19)11-21-23-18(26)14-7-9-15(20)10-8-14/h2-12H,1H3,(H,23,26)/b21-11-.